The van der Waals surface area contributed by atoms with E-state index in [9.17, 15) is 22.8 Å². The Kier molecular flexibility index (Phi) is 9.77. The minimum atomic E-state index is -4.78. The van der Waals surface area contributed by atoms with E-state index in [0.29, 0.717) is 48.8 Å². The first-order valence-corrected chi connectivity index (χ1v) is 13.9. The summed E-state index contributed by atoms with van der Waals surface area (Å²) in [6.07, 6.45) is -3.56. The van der Waals surface area contributed by atoms with Gasteiger partial charge in [-0.2, -0.15) is 13.2 Å². The standard InChI is InChI=1S/C32H32F4N4O4/c1-31(2,3)44-30(42)40-15-13-21(14-16-40)24-11-10-23(18-26(24)33)38-29-37-19-25(32(34,35)36)27(39-29)12-9-20-7-5-6-8-22(20)17-28(41)43-4/h5-8,10-11,18-19,21H,13-17H2,1-4H3,(H,37,38,39). The third kappa shape index (κ3) is 8.46. The van der Waals surface area contributed by atoms with Crippen molar-refractivity contribution in [3.63, 3.8) is 0 Å². The van der Waals surface area contributed by atoms with Gasteiger partial charge in [0.15, 0.2) is 0 Å². The highest BCUT2D eigenvalue weighted by molar-refractivity contribution is 5.73. The van der Waals surface area contributed by atoms with E-state index in [0.717, 1.165) is 0 Å². The Labute approximate surface area is 252 Å². The lowest BCUT2D eigenvalue weighted by molar-refractivity contribution is -0.140. The number of hydrogen-bond acceptors (Lipinski definition) is 7. The molecule has 1 amide bonds. The van der Waals surface area contributed by atoms with E-state index in [1.807, 2.05) is 0 Å². The maximum Gasteiger partial charge on any atom is 0.420 e. The third-order valence-electron chi connectivity index (χ3n) is 6.83. The molecule has 12 heteroatoms. The summed E-state index contributed by atoms with van der Waals surface area (Å²) in [5, 5.41) is 2.75. The highest BCUT2D eigenvalue weighted by Gasteiger charge is 2.35. The van der Waals surface area contributed by atoms with E-state index in [4.69, 9.17) is 4.74 Å². The number of rotatable bonds is 5. The van der Waals surface area contributed by atoms with Crippen molar-refractivity contribution in [2.24, 2.45) is 0 Å². The molecule has 0 atom stereocenters. The maximum atomic E-state index is 15.2. The van der Waals surface area contributed by atoms with Crippen LogP contribution in [-0.4, -0.2) is 52.7 Å². The number of esters is 1. The van der Waals surface area contributed by atoms with Crippen molar-refractivity contribution in [2.75, 3.05) is 25.5 Å². The monoisotopic (exact) mass is 612 g/mol. The van der Waals surface area contributed by atoms with E-state index in [1.165, 1.54) is 13.2 Å². The zero-order chi connectivity index (χ0) is 32.1. The quantitative estimate of drug-likeness (QED) is 0.197. The summed E-state index contributed by atoms with van der Waals surface area (Å²) in [4.78, 5) is 33.4. The van der Waals surface area contributed by atoms with Crippen LogP contribution in [0.1, 0.15) is 67.5 Å². The summed E-state index contributed by atoms with van der Waals surface area (Å²) in [6.45, 7) is 6.23. The summed E-state index contributed by atoms with van der Waals surface area (Å²) in [5.41, 5.74) is -0.793. The number of alkyl halides is 3. The average molecular weight is 613 g/mol. The van der Waals surface area contributed by atoms with Gasteiger partial charge in [-0.1, -0.05) is 30.2 Å². The summed E-state index contributed by atoms with van der Waals surface area (Å²) < 4.78 is 66.5. The SMILES string of the molecule is COC(=O)Cc1ccccc1C#Cc1nc(Nc2ccc(C3CCN(C(=O)OC(C)(C)C)CC3)c(F)c2)ncc1C(F)(F)F. The van der Waals surface area contributed by atoms with E-state index < -0.39 is 40.9 Å². The number of halogens is 4. The predicted octanol–water partition coefficient (Wildman–Crippen LogP) is 6.61. The summed E-state index contributed by atoms with van der Waals surface area (Å²) in [6, 6.07) is 10.9. The van der Waals surface area contributed by atoms with Gasteiger partial charge in [0, 0.05) is 30.5 Å². The molecule has 0 spiro atoms. The molecule has 0 saturated carbocycles. The molecule has 8 nitrogen and oxygen atoms in total. The summed E-state index contributed by atoms with van der Waals surface area (Å²) in [7, 11) is 1.23. The molecule has 0 aliphatic carbocycles. The molecule has 1 saturated heterocycles. The number of aromatic nitrogens is 2. The largest absolute Gasteiger partial charge is 0.469 e. The number of carbonyl (C=O) groups excluding carboxylic acids is 2. The molecule has 1 aliphatic rings. The topological polar surface area (TPSA) is 93.7 Å². The van der Waals surface area contributed by atoms with Crippen molar-refractivity contribution in [2.45, 2.75) is 57.7 Å². The van der Waals surface area contributed by atoms with Gasteiger partial charge >= 0.3 is 18.2 Å². The third-order valence-corrected chi connectivity index (χ3v) is 6.83. The zero-order valence-electron chi connectivity index (χ0n) is 24.7. The van der Waals surface area contributed by atoms with Crippen LogP contribution in [-0.2, 0) is 26.9 Å². The van der Waals surface area contributed by atoms with Crippen LogP contribution < -0.4 is 5.32 Å². The lowest BCUT2D eigenvalue weighted by Gasteiger charge is -2.33. The first-order chi connectivity index (χ1) is 20.7. The number of nitrogens with one attached hydrogen (secondary N) is 1. The fraction of sp³-hybridized carbons (Fsp3) is 0.375. The maximum absolute atomic E-state index is 15.2. The second-order valence-electron chi connectivity index (χ2n) is 11.2. The number of ether oxygens (including phenoxy) is 2. The molecule has 0 bridgehead atoms. The summed E-state index contributed by atoms with van der Waals surface area (Å²) in [5.74, 6) is 3.78. The van der Waals surface area contributed by atoms with Gasteiger partial charge in [-0.25, -0.2) is 19.2 Å². The van der Waals surface area contributed by atoms with Crippen LogP contribution in [0.2, 0.25) is 0 Å². The van der Waals surface area contributed by atoms with Crippen LogP contribution in [0.25, 0.3) is 0 Å². The van der Waals surface area contributed by atoms with Gasteiger partial charge in [-0.15, -0.1) is 0 Å². The van der Waals surface area contributed by atoms with Crippen molar-refractivity contribution >= 4 is 23.7 Å². The normalized spacial score (nSPS) is 14.0. The van der Waals surface area contributed by atoms with E-state index >= 15 is 4.39 Å². The van der Waals surface area contributed by atoms with Crippen molar-refractivity contribution in [3.8, 4) is 11.8 Å². The number of anilines is 2. The Balaban J connectivity index is 1.51. The number of piperidine rings is 1. The molecular formula is C32H32F4N4O4. The van der Waals surface area contributed by atoms with Crippen LogP contribution in [0.3, 0.4) is 0 Å². The second-order valence-corrected chi connectivity index (χ2v) is 11.2. The molecule has 1 fully saturated rings. The molecule has 1 aliphatic heterocycles. The zero-order valence-corrected chi connectivity index (χ0v) is 24.7. The number of likely N-dealkylation sites (tertiary alicyclic amines) is 1. The van der Waals surface area contributed by atoms with Crippen molar-refractivity contribution in [1.29, 1.82) is 0 Å². The minimum absolute atomic E-state index is 0.103. The minimum Gasteiger partial charge on any atom is -0.469 e. The highest BCUT2D eigenvalue weighted by Crippen LogP contribution is 2.33. The van der Waals surface area contributed by atoms with Crippen LogP contribution >= 0.6 is 0 Å². The molecule has 0 unspecified atom stereocenters. The molecule has 4 rings (SSSR count). The number of amides is 1. The van der Waals surface area contributed by atoms with E-state index in [2.05, 4.69) is 31.9 Å². The van der Waals surface area contributed by atoms with Gasteiger partial charge < -0.3 is 19.7 Å². The Hall–Kier alpha value is -4.66. The van der Waals surface area contributed by atoms with Crippen LogP contribution in [0.5, 0.6) is 0 Å². The second kappa shape index (κ2) is 13.3. The number of benzene rings is 2. The molecule has 2 aromatic carbocycles. The van der Waals surface area contributed by atoms with E-state index in [-0.39, 0.29) is 24.0 Å². The van der Waals surface area contributed by atoms with Gasteiger partial charge in [0.1, 0.15) is 22.7 Å². The highest BCUT2D eigenvalue weighted by atomic mass is 19.4. The van der Waals surface area contributed by atoms with Gasteiger partial charge in [-0.3, -0.25) is 4.79 Å². The fourth-order valence-corrected chi connectivity index (χ4v) is 4.66. The number of hydrogen-bond donors (Lipinski definition) is 1. The van der Waals surface area contributed by atoms with Crippen molar-refractivity contribution in [3.05, 3.63) is 82.4 Å². The Morgan fingerprint density at radius 3 is 2.41 bits per heavy atom. The van der Waals surface area contributed by atoms with E-state index in [1.54, 1.807) is 62.1 Å². The molecule has 0 radical (unpaired) electrons. The Morgan fingerprint density at radius 2 is 1.77 bits per heavy atom. The van der Waals surface area contributed by atoms with Crippen LogP contribution in [0.15, 0.2) is 48.7 Å². The number of carbonyl (C=O) groups is 2. The smallest absolute Gasteiger partial charge is 0.420 e. The summed E-state index contributed by atoms with van der Waals surface area (Å²) >= 11 is 0. The molecule has 2 heterocycles. The Morgan fingerprint density at radius 1 is 1.07 bits per heavy atom. The van der Waals surface area contributed by atoms with Gasteiger partial charge in [0.2, 0.25) is 5.95 Å². The van der Waals surface area contributed by atoms with Crippen molar-refractivity contribution in [1.82, 2.24) is 14.9 Å². The lowest BCUT2D eigenvalue weighted by atomic mass is 9.89. The molecule has 1 N–H and O–H groups in total. The Bertz CT molecular complexity index is 1580. The number of nitrogens with zero attached hydrogens (tertiary/aromatic N) is 3. The first-order valence-electron chi connectivity index (χ1n) is 13.9. The van der Waals surface area contributed by atoms with Crippen molar-refractivity contribution < 1.29 is 36.6 Å². The molecule has 3 aromatic rings. The number of methoxy groups -OCH3 is 1. The van der Waals surface area contributed by atoms with Gasteiger partial charge in [-0.05, 0) is 74.8 Å². The molecular weight excluding hydrogens is 580 g/mol. The van der Waals surface area contributed by atoms with Gasteiger partial charge in [0.25, 0.3) is 0 Å². The molecule has 1 aromatic heterocycles. The molecule has 232 valence electrons. The van der Waals surface area contributed by atoms with Crippen LogP contribution in [0, 0.1) is 17.7 Å². The average Bonchev–Trinajstić information content (AvgIpc) is 2.95. The van der Waals surface area contributed by atoms with Crippen LogP contribution in [0.4, 0.5) is 34.0 Å². The predicted molar refractivity (Wildman–Crippen MR) is 155 cm³/mol. The lowest BCUT2D eigenvalue weighted by Crippen LogP contribution is -2.41. The first kappa shape index (κ1) is 32.3. The molecule has 44 heavy (non-hydrogen) atoms. The van der Waals surface area contributed by atoms with Gasteiger partial charge in [0.05, 0.1) is 13.5 Å². The fourth-order valence-electron chi connectivity index (χ4n) is 4.66.